The summed E-state index contributed by atoms with van der Waals surface area (Å²) >= 11 is 0. The molecular formula is C14H27N. The first-order chi connectivity index (χ1) is 7.18. The van der Waals surface area contributed by atoms with Crippen molar-refractivity contribution in [3.05, 3.63) is 0 Å². The summed E-state index contributed by atoms with van der Waals surface area (Å²) in [6.45, 7) is 6.17. The minimum atomic E-state index is 0.524. The standard InChI is InChI=1S/C14H27N/c1-14(2,11-15-13-9-6-10-13)12-7-4-3-5-8-12/h12-13,15H,3-11H2,1-2H3. The van der Waals surface area contributed by atoms with Crippen LogP contribution in [-0.4, -0.2) is 12.6 Å². The minimum absolute atomic E-state index is 0.524. The molecule has 0 atom stereocenters. The van der Waals surface area contributed by atoms with E-state index in [4.69, 9.17) is 0 Å². The molecule has 1 N–H and O–H groups in total. The Bertz CT molecular complexity index is 188. The summed E-state index contributed by atoms with van der Waals surface area (Å²) in [6, 6.07) is 0.855. The molecule has 2 saturated carbocycles. The molecule has 0 amide bonds. The molecule has 15 heavy (non-hydrogen) atoms. The van der Waals surface area contributed by atoms with E-state index < -0.39 is 0 Å². The summed E-state index contributed by atoms with van der Waals surface area (Å²) in [5.41, 5.74) is 0.524. The minimum Gasteiger partial charge on any atom is -0.313 e. The van der Waals surface area contributed by atoms with Crippen molar-refractivity contribution < 1.29 is 0 Å². The molecule has 2 aliphatic carbocycles. The van der Waals surface area contributed by atoms with Crippen molar-refractivity contribution in [2.75, 3.05) is 6.54 Å². The van der Waals surface area contributed by atoms with Gasteiger partial charge in [-0.25, -0.2) is 0 Å². The molecule has 2 fully saturated rings. The van der Waals surface area contributed by atoms with Gasteiger partial charge >= 0.3 is 0 Å². The second kappa shape index (κ2) is 4.86. The van der Waals surface area contributed by atoms with Crippen molar-refractivity contribution in [1.29, 1.82) is 0 Å². The van der Waals surface area contributed by atoms with Crippen LogP contribution < -0.4 is 5.32 Å². The monoisotopic (exact) mass is 209 g/mol. The first-order valence-electron chi connectivity index (χ1n) is 6.92. The number of rotatable bonds is 4. The lowest BCUT2D eigenvalue weighted by Gasteiger charge is -2.39. The summed E-state index contributed by atoms with van der Waals surface area (Å²) in [6.07, 6.45) is 11.6. The first-order valence-corrected chi connectivity index (χ1v) is 6.92. The third-order valence-corrected chi connectivity index (χ3v) is 4.66. The van der Waals surface area contributed by atoms with Gasteiger partial charge in [-0.2, -0.15) is 0 Å². The van der Waals surface area contributed by atoms with Gasteiger partial charge in [0, 0.05) is 12.6 Å². The van der Waals surface area contributed by atoms with Crippen LogP contribution >= 0.6 is 0 Å². The van der Waals surface area contributed by atoms with Gasteiger partial charge in [-0.05, 0) is 37.0 Å². The highest BCUT2D eigenvalue weighted by atomic mass is 14.9. The number of hydrogen-bond donors (Lipinski definition) is 1. The van der Waals surface area contributed by atoms with Gasteiger partial charge in [-0.3, -0.25) is 0 Å². The van der Waals surface area contributed by atoms with Crippen LogP contribution in [0.15, 0.2) is 0 Å². The molecule has 0 unspecified atom stereocenters. The second-order valence-corrected chi connectivity index (χ2v) is 6.33. The molecule has 0 saturated heterocycles. The van der Waals surface area contributed by atoms with Gasteiger partial charge in [0.2, 0.25) is 0 Å². The van der Waals surface area contributed by atoms with E-state index in [-0.39, 0.29) is 0 Å². The molecule has 0 bridgehead atoms. The zero-order chi connectivity index (χ0) is 10.7. The molecule has 0 aliphatic heterocycles. The highest BCUT2D eigenvalue weighted by Gasteiger charge is 2.31. The fraction of sp³-hybridized carbons (Fsp3) is 1.00. The van der Waals surface area contributed by atoms with E-state index >= 15 is 0 Å². The Hall–Kier alpha value is -0.0400. The maximum Gasteiger partial charge on any atom is 0.00673 e. The Morgan fingerprint density at radius 3 is 2.13 bits per heavy atom. The maximum absolute atomic E-state index is 3.76. The van der Waals surface area contributed by atoms with Crippen LogP contribution in [0.3, 0.4) is 0 Å². The topological polar surface area (TPSA) is 12.0 Å². The fourth-order valence-corrected chi connectivity index (χ4v) is 3.05. The maximum atomic E-state index is 3.76. The normalized spacial score (nSPS) is 25.2. The fourth-order valence-electron chi connectivity index (χ4n) is 3.05. The zero-order valence-electron chi connectivity index (χ0n) is 10.5. The van der Waals surface area contributed by atoms with E-state index in [9.17, 15) is 0 Å². The lowest BCUT2D eigenvalue weighted by molar-refractivity contribution is 0.142. The van der Waals surface area contributed by atoms with Crippen LogP contribution in [-0.2, 0) is 0 Å². The van der Waals surface area contributed by atoms with Gasteiger partial charge in [0.1, 0.15) is 0 Å². The third kappa shape index (κ3) is 2.96. The predicted octanol–water partition coefficient (Wildman–Crippen LogP) is 3.74. The average molecular weight is 209 g/mol. The summed E-state index contributed by atoms with van der Waals surface area (Å²) in [5, 5.41) is 3.76. The summed E-state index contributed by atoms with van der Waals surface area (Å²) < 4.78 is 0. The van der Waals surface area contributed by atoms with E-state index in [2.05, 4.69) is 19.2 Å². The molecule has 0 aromatic rings. The number of nitrogens with one attached hydrogen (secondary N) is 1. The van der Waals surface area contributed by atoms with E-state index in [0.717, 1.165) is 12.0 Å². The summed E-state index contributed by atoms with van der Waals surface area (Å²) in [4.78, 5) is 0. The molecule has 0 radical (unpaired) electrons. The van der Waals surface area contributed by atoms with Gasteiger partial charge in [0.15, 0.2) is 0 Å². The Morgan fingerprint density at radius 1 is 0.933 bits per heavy atom. The average Bonchev–Trinajstić information content (AvgIpc) is 2.16. The first kappa shape index (κ1) is 11.4. The lowest BCUT2D eigenvalue weighted by Crippen LogP contribution is -2.43. The Kier molecular flexibility index (Phi) is 3.71. The van der Waals surface area contributed by atoms with Crippen LogP contribution in [0.1, 0.15) is 65.2 Å². The quantitative estimate of drug-likeness (QED) is 0.744. The van der Waals surface area contributed by atoms with Crippen molar-refractivity contribution >= 4 is 0 Å². The van der Waals surface area contributed by atoms with Gasteiger partial charge in [0.05, 0.1) is 0 Å². The zero-order valence-corrected chi connectivity index (χ0v) is 10.5. The molecule has 2 aliphatic rings. The summed E-state index contributed by atoms with van der Waals surface area (Å²) in [7, 11) is 0. The molecule has 0 aromatic carbocycles. The van der Waals surface area contributed by atoms with Gasteiger partial charge in [-0.15, -0.1) is 0 Å². The molecule has 1 nitrogen and oxygen atoms in total. The van der Waals surface area contributed by atoms with E-state index in [1.54, 1.807) is 0 Å². The Morgan fingerprint density at radius 2 is 1.60 bits per heavy atom. The van der Waals surface area contributed by atoms with E-state index in [1.165, 1.54) is 57.9 Å². The van der Waals surface area contributed by atoms with Gasteiger partial charge in [0.25, 0.3) is 0 Å². The van der Waals surface area contributed by atoms with Crippen molar-refractivity contribution in [3.63, 3.8) is 0 Å². The van der Waals surface area contributed by atoms with Crippen LogP contribution in [0.4, 0.5) is 0 Å². The molecule has 2 rings (SSSR count). The van der Waals surface area contributed by atoms with Crippen molar-refractivity contribution in [2.24, 2.45) is 11.3 Å². The number of hydrogen-bond acceptors (Lipinski definition) is 1. The van der Waals surface area contributed by atoms with Gasteiger partial charge in [-0.1, -0.05) is 39.5 Å². The van der Waals surface area contributed by atoms with Crippen LogP contribution in [0.25, 0.3) is 0 Å². The lowest BCUT2D eigenvalue weighted by atomic mass is 9.71. The molecule has 1 heteroatoms. The van der Waals surface area contributed by atoms with Crippen molar-refractivity contribution in [3.8, 4) is 0 Å². The van der Waals surface area contributed by atoms with Crippen LogP contribution in [0, 0.1) is 11.3 Å². The highest BCUT2D eigenvalue weighted by Crippen LogP contribution is 2.38. The summed E-state index contributed by atoms with van der Waals surface area (Å²) in [5.74, 6) is 0.971. The molecule has 0 aromatic heterocycles. The van der Waals surface area contributed by atoms with Crippen molar-refractivity contribution in [1.82, 2.24) is 5.32 Å². The molecule has 88 valence electrons. The van der Waals surface area contributed by atoms with Crippen LogP contribution in [0.5, 0.6) is 0 Å². The van der Waals surface area contributed by atoms with E-state index in [0.29, 0.717) is 5.41 Å². The molecular weight excluding hydrogens is 182 g/mol. The molecule has 0 spiro atoms. The van der Waals surface area contributed by atoms with E-state index in [1.807, 2.05) is 0 Å². The smallest absolute Gasteiger partial charge is 0.00673 e. The third-order valence-electron chi connectivity index (χ3n) is 4.66. The van der Waals surface area contributed by atoms with Crippen LogP contribution in [0.2, 0.25) is 0 Å². The molecule has 0 heterocycles. The Balaban J connectivity index is 1.75. The largest absolute Gasteiger partial charge is 0.313 e. The Labute approximate surface area is 95.0 Å². The predicted molar refractivity (Wildman–Crippen MR) is 66.0 cm³/mol. The SMILES string of the molecule is CC(C)(CNC1CCC1)C1CCCCC1. The van der Waals surface area contributed by atoms with Gasteiger partial charge < -0.3 is 5.32 Å². The highest BCUT2D eigenvalue weighted by molar-refractivity contribution is 4.85. The second-order valence-electron chi connectivity index (χ2n) is 6.33. The van der Waals surface area contributed by atoms with Crippen molar-refractivity contribution in [2.45, 2.75) is 71.3 Å².